The molecule has 0 heterocycles. The molecule has 0 aliphatic carbocycles. The van der Waals surface area contributed by atoms with Crippen molar-refractivity contribution in [1.82, 2.24) is 4.72 Å². The van der Waals surface area contributed by atoms with Gasteiger partial charge in [0.15, 0.2) is 6.10 Å². The number of rotatable bonds is 7. The molecule has 2 aromatic rings. The van der Waals surface area contributed by atoms with Crippen molar-refractivity contribution >= 4 is 27.6 Å². The molecule has 2 rings (SSSR count). The molecule has 1 atom stereocenters. The number of aryl methyl sites for hydroxylation is 3. The number of sulfonamides is 1. The van der Waals surface area contributed by atoms with Gasteiger partial charge in [-0.2, -0.15) is 4.72 Å². The number of halogens is 1. The van der Waals surface area contributed by atoms with Crippen molar-refractivity contribution in [3.63, 3.8) is 0 Å². The molecule has 9 heteroatoms. The molecule has 0 saturated heterocycles. The van der Waals surface area contributed by atoms with Gasteiger partial charge in [0.1, 0.15) is 12.4 Å². The van der Waals surface area contributed by atoms with Crippen molar-refractivity contribution < 1.29 is 27.1 Å². The molecule has 2 N–H and O–H groups in total. The van der Waals surface area contributed by atoms with Gasteiger partial charge in [0.05, 0.1) is 4.90 Å². The van der Waals surface area contributed by atoms with Crippen LogP contribution in [-0.2, 0) is 24.3 Å². The van der Waals surface area contributed by atoms with Crippen molar-refractivity contribution in [1.29, 1.82) is 0 Å². The van der Waals surface area contributed by atoms with Crippen molar-refractivity contribution in [3.05, 3.63) is 58.9 Å². The smallest absolute Gasteiger partial charge is 0.321 e. The van der Waals surface area contributed by atoms with Crippen LogP contribution in [0.4, 0.5) is 10.1 Å². The Kier molecular flexibility index (Phi) is 7.10. The Labute approximate surface area is 169 Å². The largest absolute Gasteiger partial charge is 0.452 e. The SMILES string of the molecule is Cc1ccc(S(=O)(=O)NCC(=O)O[C@H](C)C(=O)Nc2ccc(C)c(F)c2)cc1C. The molecule has 2 aromatic carbocycles. The van der Waals surface area contributed by atoms with Gasteiger partial charge in [-0.15, -0.1) is 0 Å². The summed E-state index contributed by atoms with van der Waals surface area (Å²) in [5.41, 5.74) is 2.39. The lowest BCUT2D eigenvalue weighted by Gasteiger charge is -2.14. The highest BCUT2D eigenvalue weighted by molar-refractivity contribution is 7.89. The number of hydrogen-bond acceptors (Lipinski definition) is 5. The summed E-state index contributed by atoms with van der Waals surface area (Å²) in [7, 11) is -3.90. The van der Waals surface area contributed by atoms with E-state index in [-0.39, 0.29) is 10.6 Å². The number of benzene rings is 2. The molecule has 0 bridgehead atoms. The van der Waals surface area contributed by atoms with Crippen LogP contribution in [0.25, 0.3) is 0 Å². The highest BCUT2D eigenvalue weighted by Gasteiger charge is 2.21. The summed E-state index contributed by atoms with van der Waals surface area (Å²) in [6, 6.07) is 8.78. The van der Waals surface area contributed by atoms with Gasteiger partial charge in [-0.3, -0.25) is 9.59 Å². The van der Waals surface area contributed by atoms with Gasteiger partial charge in [-0.05, 0) is 68.7 Å². The minimum Gasteiger partial charge on any atom is -0.452 e. The lowest BCUT2D eigenvalue weighted by atomic mass is 10.1. The topological polar surface area (TPSA) is 102 Å². The quantitative estimate of drug-likeness (QED) is 0.668. The third-order valence-electron chi connectivity index (χ3n) is 4.31. The molecule has 0 aliphatic heterocycles. The number of esters is 1. The van der Waals surface area contributed by atoms with Crippen LogP contribution in [0.15, 0.2) is 41.3 Å². The average molecular weight is 422 g/mol. The van der Waals surface area contributed by atoms with Crippen LogP contribution < -0.4 is 10.0 Å². The first-order valence-corrected chi connectivity index (χ1v) is 10.3. The Morgan fingerprint density at radius 3 is 2.31 bits per heavy atom. The molecule has 29 heavy (non-hydrogen) atoms. The number of ether oxygens (including phenoxy) is 1. The van der Waals surface area contributed by atoms with Gasteiger partial charge < -0.3 is 10.1 Å². The second kappa shape index (κ2) is 9.15. The van der Waals surface area contributed by atoms with Gasteiger partial charge >= 0.3 is 5.97 Å². The lowest BCUT2D eigenvalue weighted by Crippen LogP contribution is -2.35. The van der Waals surface area contributed by atoms with E-state index in [2.05, 4.69) is 10.0 Å². The number of hydrogen-bond donors (Lipinski definition) is 2. The fourth-order valence-corrected chi connectivity index (χ4v) is 3.38. The fourth-order valence-electron chi connectivity index (χ4n) is 2.33. The van der Waals surface area contributed by atoms with E-state index in [0.29, 0.717) is 5.56 Å². The van der Waals surface area contributed by atoms with E-state index in [0.717, 1.165) is 17.2 Å². The van der Waals surface area contributed by atoms with Gasteiger partial charge in [-0.1, -0.05) is 12.1 Å². The normalized spacial score (nSPS) is 12.3. The van der Waals surface area contributed by atoms with Gasteiger partial charge in [0.2, 0.25) is 10.0 Å². The molecule has 0 fully saturated rings. The Morgan fingerprint density at radius 1 is 1.03 bits per heavy atom. The van der Waals surface area contributed by atoms with Crippen molar-refractivity contribution in [2.75, 3.05) is 11.9 Å². The summed E-state index contributed by atoms with van der Waals surface area (Å²) in [6.45, 7) is 5.92. The van der Waals surface area contributed by atoms with Crippen molar-refractivity contribution in [3.8, 4) is 0 Å². The monoisotopic (exact) mass is 422 g/mol. The van der Waals surface area contributed by atoms with Crippen molar-refractivity contribution in [2.24, 2.45) is 0 Å². The first kappa shape index (κ1) is 22.5. The van der Waals surface area contributed by atoms with Crippen molar-refractivity contribution in [2.45, 2.75) is 38.7 Å². The van der Waals surface area contributed by atoms with E-state index < -0.39 is 40.4 Å². The van der Waals surface area contributed by atoms with Crippen LogP contribution >= 0.6 is 0 Å². The highest BCUT2D eigenvalue weighted by Crippen LogP contribution is 2.15. The zero-order valence-electron chi connectivity index (χ0n) is 16.6. The third-order valence-corrected chi connectivity index (χ3v) is 5.71. The molecule has 0 aromatic heterocycles. The van der Waals surface area contributed by atoms with E-state index in [1.54, 1.807) is 19.9 Å². The number of carbonyl (C=O) groups is 2. The Hall–Kier alpha value is -2.78. The Balaban J connectivity index is 1.91. The second-order valence-corrected chi connectivity index (χ2v) is 8.42. The van der Waals surface area contributed by atoms with E-state index in [9.17, 15) is 22.4 Å². The fraction of sp³-hybridized carbons (Fsp3) is 0.300. The zero-order valence-corrected chi connectivity index (χ0v) is 17.4. The molecular weight excluding hydrogens is 399 g/mol. The van der Waals surface area contributed by atoms with Crippen LogP contribution in [0, 0.1) is 26.6 Å². The van der Waals surface area contributed by atoms with E-state index in [1.165, 1.54) is 31.2 Å². The van der Waals surface area contributed by atoms with Gasteiger partial charge in [0, 0.05) is 5.69 Å². The van der Waals surface area contributed by atoms with Crippen LogP contribution in [-0.4, -0.2) is 32.9 Å². The minimum atomic E-state index is -3.90. The first-order chi connectivity index (χ1) is 13.5. The first-order valence-electron chi connectivity index (χ1n) is 8.83. The standard InChI is InChI=1S/C20H23FN2O5S/c1-12-6-8-17(9-14(12)3)29(26,27)22-11-19(24)28-15(4)20(25)23-16-7-5-13(2)18(21)10-16/h5-10,15,22H,11H2,1-4H3,(H,23,25)/t15-/m1/s1. The van der Waals surface area contributed by atoms with E-state index in [1.807, 2.05) is 6.92 Å². The summed E-state index contributed by atoms with van der Waals surface area (Å²) in [4.78, 5) is 24.0. The number of anilines is 1. The predicted octanol–water partition coefficient (Wildman–Crippen LogP) is 2.60. The predicted molar refractivity (Wildman–Crippen MR) is 106 cm³/mol. The second-order valence-electron chi connectivity index (χ2n) is 6.66. The molecule has 7 nitrogen and oxygen atoms in total. The van der Waals surface area contributed by atoms with E-state index in [4.69, 9.17) is 4.74 Å². The van der Waals surface area contributed by atoms with Crippen LogP contribution in [0.5, 0.6) is 0 Å². The van der Waals surface area contributed by atoms with Crippen LogP contribution in [0.1, 0.15) is 23.6 Å². The summed E-state index contributed by atoms with van der Waals surface area (Å²) < 4.78 is 45.2. The molecule has 156 valence electrons. The number of nitrogens with one attached hydrogen (secondary N) is 2. The molecule has 1 amide bonds. The summed E-state index contributed by atoms with van der Waals surface area (Å²) in [6.07, 6.45) is -1.20. The molecule has 0 radical (unpaired) electrons. The van der Waals surface area contributed by atoms with Crippen LogP contribution in [0.2, 0.25) is 0 Å². The Morgan fingerprint density at radius 2 is 1.69 bits per heavy atom. The average Bonchev–Trinajstić information content (AvgIpc) is 2.65. The Bertz CT molecular complexity index is 1040. The summed E-state index contributed by atoms with van der Waals surface area (Å²) >= 11 is 0. The summed E-state index contributed by atoms with van der Waals surface area (Å²) in [5, 5.41) is 2.43. The van der Waals surface area contributed by atoms with Crippen LogP contribution in [0.3, 0.4) is 0 Å². The minimum absolute atomic E-state index is 0.0283. The maximum atomic E-state index is 13.5. The van der Waals surface area contributed by atoms with Gasteiger partial charge in [-0.25, -0.2) is 12.8 Å². The molecule has 0 spiro atoms. The molecule has 0 saturated carbocycles. The molecule has 0 aliphatic rings. The lowest BCUT2D eigenvalue weighted by molar-refractivity contribution is -0.151. The van der Waals surface area contributed by atoms with Gasteiger partial charge in [0.25, 0.3) is 5.91 Å². The summed E-state index contributed by atoms with van der Waals surface area (Å²) in [5.74, 6) is -2.07. The zero-order chi connectivity index (χ0) is 21.8. The highest BCUT2D eigenvalue weighted by atomic mass is 32.2. The third kappa shape index (κ3) is 6.10. The number of amides is 1. The maximum Gasteiger partial charge on any atom is 0.321 e. The maximum absolute atomic E-state index is 13.5. The van der Waals surface area contributed by atoms with E-state index >= 15 is 0 Å². The molecule has 0 unspecified atom stereocenters. The molecular formula is C20H23FN2O5S. The number of carbonyl (C=O) groups excluding carboxylic acids is 2.